The monoisotopic (exact) mass is 420 g/mol. The molecule has 3 unspecified atom stereocenters. The zero-order valence-corrected chi connectivity index (χ0v) is 17.8. The van der Waals surface area contributed by atoms with Crippen LogP contribution in [-0.4, -0.2) is 81.4 Å². The van der Waals surface area contributed by atoms with E-state index in [0.29, 0.717) is 24.6 Å². The van der Waals surface area contributed by atoms with Crippen molar-refractivity contribution in [2.24, 2.45) is 5.92 Å². The fraction of sp³-hybridized carbons (Fsp3) is 0.682. The Labute approximate surface area is 177 Å². The number of thioether (sulfide) groups is 1. The lowest BCUT2D eigenvalue weighted by Crippen LogP contribution is -2.52. The molecule has 0 aromatic heterocycles. The molecule has 3 atom stereocenters. The Bertz CT molecular complexity index is 656. The lowest BCUT2D eigenvalue weighted by atomic mass is 9.96. The lowest BCUT2D eigenvalue weighted by Gasteiger charge is -2.37. The van der Waals surface area contributed by atoms with Crippen LogP contribution in [0.5, 0.6) is 0 Å². The van der Waals surface area contributed by atoms with E-state index in [9.17, 15) is 4.79 Å². The first-order chi connectivity index (χ1) is 14.3. The van der Waals surface area contributed by atoms with Gasteiger partial charge in [-0.05, 0) is 31.4 Å². The summed E-state index contributed by atoms with van der Waals surface area (Å²) in [6, 6.07) is 8.21. The predicted molar refractivity (Wildman–Crippen MR) is 114 cm³/mol. The van der Waals surface area contributed by atoms with Gasteiger partial charge in [0.15, 0.2) is 0 Å². The zero-order chi connectivity index (χ0) is 19.9. The minimum atomic E-state index is 0.0117. The molecular weight excluding hydrogens is 388 g/mol. The number of rotatable bonds is 8. The van der Waals surface area contributed by atoms with Gasteiger partial charge in [0.05, 0.1) is 31.5 Å². The molecule has 0 spiro atoms. The molecule has 3 aliphatic heterocycles. The Morgan fingerprint density at radius 2 is 2.00 bits per heavy atom. The van der Waals surface area contributed by atoms with Gasteiger partial charge in [-0.2, -0.15) is 0 Å². The van der Waals surface area contributed by atoms with Gasteiger partial charge in [0.25, 0.3) is 5.91 Å². The Morgan fingerprint density at radius 3 is 2.76 bits per heavy atom. The smallest absolute Gasteiger partial charge is 0.252 e. The molecule has 4 rings (SSSR count). The molecule has 0 radical (unpaired) electrons. The van der Waals surface area contributed by atoms with Crippen LogP contribution >= 0.6 is 11.8 Å². The Hall–Kier alpha value is -1.12. The first-order valence-electron chi connectivity index (χ1n) is 10.8. The quantitative estimate of drug-likeness (QED) is 0.652. The molecule has 6 nitrogen and oxygen atoms in total. The average molecular weight is 421 g/mol. The molecule has 3 aliphatic rings. The summed E-state index contributed by atoms with van der Waals surface area (Å²) >= 11 is 1.73. The van der Waals surface area contributed by atoms with Crippen LogP contribution in [0.1, 0.15) is 29.6 Å². The van der Waals surface area contributed by atoms with Crippen LogP contribution in [0.15, 0.2) is 29.2 Å². The van der Waals surface area contributed by atoms with E-state index in [2.05, 4.69) is 10.2 Å². The molecule has 29 heavy (non-hydrogen) atoms. The van der Waals surface area contributed by atoms with Gasteiger partial charge in [-0.3, -0.25) is 9.69 Å². The van der Waals surface area contributed by atoms with Gasteiger partial charge in [-0.25, -0.2) is 0 Å². The number of nitrogens with zero attached hydrogens (tertiary/aromatic N) is 1. The number of morpholine rings is 1. The summed E-state index contributed by atoms with van der Waals surface area (Å²) in [7, 11) is 0. The van der Waals surface area contributed by atoms with Crippen molar-refractivity contribution in [1.82, 2.24) is 10.2 Å². The maximum Gasteiger partial charge on any atom is 0.252 e. The van der Waals surface area contributed by atoms with Crippen molar-refractivity contribution in [1.29, 1.82) is 0 Å². The first kappa shape index (κ1) is 21.1. The van der Waals surface area contributed by atoms with Crippen molar-refractivity contribution in [2.45, 2.75) is 36.3 Å². The normalized spacial score (nSPS) is 26.5. The summed E-state index contributed by atoms with van der Waals surface area (Å²) in [5.41, 5.74) is 0.763. The maximum atomic E-state index is 13.0. The molecule has 0 aliphatic carbocycles. The number of carbonyl (C=O) groups excluding carboxylic acids is 1. The molecule has 1 amide bonds. The largest absolute Gasteiger partial charge is 0.381 e. The standard InChI is InChI=1S/C22H32N2O4S/c25-22(19-5-1-2-6-21(19)29-16-18-4-3-10-28-18)23-14-20(17-7-11-27-15-17)24-8-12-26-13-9-24/h1-2,5-6,17-18,20H,3-4,7-16H2,(H,23,25). The molecule has 7 heteroatoms. The van der Waals surface area contributed by atoms with Crippen molar-refractivity contribution in [3.8, 4) is 0 Å². The van der Waals surface area contributed by atoms with E-state index >= 15 is 0 Å². The van der Waals surface area contributed by atoms with Crippen LogP contribution in [0, 0.1) is 5.92 Å². The highest BCUT2D eigenvalue weighted by Crippen LogP contribution is 2.27. The van der Waals surface area contributed by atoms with Gasteiger partial charge in [-0.15, -0.1) is 11.8 Å². The van der Waals surface area contributed by atoms with E-state index in [0.717, 1.165) is 81.6 Å². The molecule has 3 heterocycles. The fourth-order valence-corrected chi connectivity index (χ4v) is 5.51. The lowest BCUT2D eigenvalue weighted by molar-refractivity contribution is 0.00166. The molecular formula is C22H32N2O4S. The van der Waals surface area contributed by atoms with Crippen LogP contribution in [0.4, 0.5) is 0 Å². The Morgan fingerprint density at radius 1 is 1.14 bits per heavy atom. The second kappa shape index (κ2) is 10.8. The van der Waals surface area contributed by atoms with Crippen LogP contribution in [0.3, 0.4) is 0 Å². The summed E-state index contributed by atoms with van der Waals surface area (Å²) in [6.07, 6.45) is 3.63. The molecule has 1 N–H and O–H groups in total. The summed E-state index contributed by atoms with van der Waals surface area (Å²) in [6.45, 7) is 6.49. The van der Waals surface area contributed by atoms with Crippen molar-refractivity contribution in [3.05, 3.63) is 29.8 Å². The van der Waals surface area contributed by atoms with E-state index in [4.69, 9.17) is 14.2 Å². The van der Waals surface area contributed by atoms with Crippen molar-refractivity contribution in [3.63, 3.8) is 0 Å². The van der Waals surface area contributed by atoms with Gasteiger partial charge in [-0.1, -0.05) is 12.1 Å². The average Bonchev–Trinajstić information content (AvgIpc) is 3.48. The summed E-state index contributed by atoms with van der Waals surface area (Å²) in [5, 5.41) is 3.22. The fourth-order valence-electron chi connectivity index (χ4n) is 4.39. The number of hydrogen-bond donors (Lipinski definition) is 1. The van der Waals surface area contributed by atoms with Crippen molar-refractivity contribution in [2.75, 3.05) is 58.4 Å². The highest BCUT2D eigenvalue weighted by Gasteiger charge is 2.32. The predicted octanol–water partition coefficient (Wildman–Crippen LogP) is 2.42. The molecule has 1 aromatic carbocycles. The minimum Gasteiger partial charge on any atom is -0.381 e. The highest BCUT2D eigenvalue weighted by atomic mass is 32.2. The molecule has 160 valence electrons. The van der Waals surface area contributed by atoms with Crippen LogP contribution in [0.2, 0.25) is 0 Å². The van der Waals surface area contributed by atoms with Gasteiger partial charge in [0.1, 0.15) is 0 Å². The zero-order valence-electron chi connectivity index (χ0n) is 17.0. The topological polar surface area (TPSA) is 60.0 Å². The van der Waals surface area contributed by atoms with Crippen LogP contribution in [0.25, 0.3) is 0 Å². The van der Waals surface area contributed by atoms with Crippen LogP contribution in [-0.2, 0) is 14.2 Å². The number of benzene rings is 1. The third kappa shape index (κ3) is 5.73. The third-order valence-electron chi connectivity index (χ3n) is 6.08. The maximum absolute atomic E-state index is 13.0. The van der Waals surface area contributed by atoms with E-state index < -0.39 is 0 Å². The number of hydrogen-bond acceptors (Lipinski definition) is 6. The highest BCUT2D eigenvalue weighted by molar-refractivity contribution is 7.99. The molecule has 3 saturated heterocycles. The number of amides is 1. The summed E-state index contributed by atoms with van der Waals surface area (Å²) in [5.74, 6) is 1.38. The van der Waals surface area contributed by atoms with Gasteiger partial charge in [0.2, 0.25) is 0 Å². The number of nitrogens with one attached hydrogen (secondary N) is 1. The molecule has 0 bridgehead atoms. The Balaban J connectivity index is 1.37. The SMILES string of the molecule is O=C(NCC(C1CCOC1)N1CCOCC1)c1ccccc1SCC1CCCO1. The molecule has 3 fully saturated rings. The van der Waals surface area contributed by atoms with Crippen LogP contribution < -0.4 is 5.32 Å². The summed E-state index contributed by atoms with van der Waals surface area (Å²) in [4.78, 5) is 16.5. The number of carbonyl (C=O) groups is 1. The second-order valence-electron chi connectivity index (χ2n) is 7.99. The molecule has 0 saturated carbocycles. The second-order valence-corrected chi connectivity index (χ2v) is 9.05. The summed E-state index contributed by atoms with van der Waals surface area (Å²) < 4.78 is 16.9. The van der Waals surface area contributed by atoms with E-state index in [1.54, 1.807) is 11.8 Å². The first-order valence-corrected chi connectivity index (χ1v) is 11.8. The Kier molecular flexibility index (Phi) is 7.85. The van der Waals surface area contributed by atoms with Crippen molar-refractivity contribution < 1.29 is 19.0 Å². The number of ether oxygens (including phenoxy) is 3. The van der Waals surface area contributed by atoms with Gasteiger partial charge < -0.3 is 19.5 Å². The van der Waals surface area contributed by atoms with E-state index in [-0.39, 0.29) is 5.91 Å². The third-order valence-corrected chi connectivity index (χ3v) is 7.28. The van der Waals surface area contributed by atoms with Gasteiger partial charge >= 0.3 is 0 Å². The van der Waals surface area contributed by atoms with E-state index in [1.165, 1.54) is 0 Å². The van der Waals surface area contributed by atoms with Crippen molar-refractivity contribution >= 4 is 17.7 Å². The molecule has 1 aromatic rings. The minimum absolute atomic E-state index is 0.0117. The van der Waals surface area contributed by atoms with E-state index in [1.807, 2.05) is 24.3 Å². The van der Waals surface area contributed by atoms with Gasteiger partial charge in [0, 0.05) is 55.5 Å².